The van der Waals surface area contributed by atoms with Gasteiger partial charge in [-0.3, -0.25) is 4.99 Å². The molecule has 0 aliphatic carbocycles. The van der Waals surface area contributed by atoms with E-state index < -0.39 is 12.8 Å². The maximum absolute atomic E-state index is 12.3. The number of halogens is 3. The molecule has 0 spiro atoms. The van der Waals surface area contributed by atoms with Gasteiger partial charge in [-0.2, -0.15) is 13.2 Å². The highest BCUT2D eigenvalue weighted by Crippen LogP contribution is 2.19. The van der Waals surface area contributed by atoms with Crippen LogP contribution in [0.4, 0.5) is 13.2 Å². The first kappa shape index (κ1) is 18.3. The maximum Gasteiger partial charge on any atom is 0.422 e. The number of aliphatic imine (C=N–C) groups is 1. The molecule has 1 fully saturated rings. The van der Waals surface area contributed by atoms with Crippen LogP contribution in [0.5, 0.6) is 5.88 Å². The molecule has 2 N–H and O–H groups in total. The minimum Gasteiger partial charge on any atom is -0.468 e. The SMILES string of the molecule is CN=C(NCc1cccnc1OCC(F)(F)F)NCC1CCCO1. The molecular weight excluding hydrogens is 325 g/mol. The molecule has 0 radical (unpaired) electrons. The predicted molar refractivity (Wildman–Crippen MR) is 83.0 cm³/mol. The lowest BCUT2D eigenvalue weighted by molar-refractivity contribution is -0.154. The maximum atomic E-state index is 12.3. The van der Waals surface area contributed by atoms with Crippen LogP contribution in [0.25, 0.3) is 0 Å². The van der Waals surface area contributed by atoms with Gasteiger partial charge < -0.3 is 20.1 Å². The zero-order valence-electron chi connectivity index (χ0n) is 13.4. The van der Waals surface area contributed by atoms with Gasteiger partial charge in [-0.1, -0.05) is 6.07 Å². The van der Waals surface area contributed by atoms with E-state index in [0.29, 0.717) is 18.1 Å². The van der Waals surface area contributed by atoms with Gasteiger partial charge in [0.1, 0.15) is 0 Å². The van der Waals surface area contributed by atoms with E-state index in [2.05, 4.69) is 20.6 Å². The van der Waals surface area contributed by atoms with Crippen molar-refractivity contribution >= 4 is 5.96 Å². The predicted octanol–water partition coefficient (Wildman–Crippen LogP) is 1.87. The number of guanidine groups is 1. The summed E-state index contributed by atoms with van der Waals surface area (Å²) in [6.07, 6.45) is -0.802. The molecule has 2 rings (SSSR count). The van der Waals surface area contributed by atoms with Crippen molar-refractivity contribution in [1.82, 2.24) is 15.6 Å². The first-order valence-electron chi connectivity index (χ1n) is 7.67. The van der Waals surface area contributed by atoms with Crippen LogP contribution in [-0.2, 0) is 11.3 Å². The van der Waals surface area contributed by atoms with Gasteiger partial charge >= 0.3 is 6.18 Å². The van der Waals surface area contributed by atoms with Gasteiger partial charge in [0, 0.05) is 38.5 Å². The summed E-state index contributed by atoms with van der Waals surface area (Å²) in [6.45, 7) is 0.271. The molecule has 1 unspecified atom stereocenters. The van der Waals surface area contributed by atoms with Crippen LogP contribution in [0, 0.1) is 0 Å². The summed E-state index contributed by atoms with van der Waals surface area (Å²) in [5.74, 6) is 0.494. The average molecular weight is 346 g/mol. The Morgan fingerprint density at radius 2 is 2.29 bits per heavy atom. The molecule has 1 aliphatic rings. The van der Waals surface area contributed by atoms with Crippen molar-refractivity contribution in [2.75, 3.05) is 26.8 Å². The fraction of sp³-hybridized carbons (Fsp3) is 0.600. The molecule has 0 bridgehead atoms. The van der Waals surface area contributed by atoms with E-state index in [1.165, 1.54) is 6.20 Å². The quantitative estimate of drug-likeness (QED) is 0.608. The minimum absolute atomic E-state index is 0.0445. The van der Waals surface area contributed by atoms with Crippen LogP contribution >= 0.6 is 0 Å². The van der Waals surface area contributed by atoms with Crippen LogP contribution in [0.1, 0.15) is 18.4 Å². The highest BCUT2D eigenvalue weighted by Gasteiger charge is 2.29. The standard InChI is InChI=1S/C15H21F3N4O2/c1-19-14(22-9-12-5-3-7-23-12)21-8-11-4-2-6-20-13(11)24-10-15(16,17)18/h2,4,6,12H,3,5,7-10H2,1H3,(H2,19,21,22). The lowest BCUT2D eigenvalue weighted by atomic mass is 10.2. The number of rotatable bonds is 6. The topological polar surface area (TPSA) is 67.8 Å². The summed E-state index contributed by atoms with van der Waals surface area (Å²) in [5, 5.41) is 6.16. The van der Waals surface area contributed by atoms with Gasteiger partial charge in [0.05, 0.1) is 6.10 Å². The Labute approximate surface area is 138 Å². The number of alkyl halides is 3. The van der Waals surface area contributed by atoms with Gasteiger partial charge in [0.2, 0.25) is 5.88 Å². The Morgan fingerprint density at radius 3 is 2.96 bits per heavy atom. The average Bonchev–Trinajstić information content (AvgIpc) is 3.06. The molecule has 1 saturated heterocycles. The summed E-state index contributed by atoms with van der Waals surface area (Å²) < 4.78 is 47.1. The molecule has 0 amide bonds. The van der Waals surface area contributed by atoms with Crippen LogP contribution in [0.3, 0.4) is 0 Å². The second-order valence-electron chi connectivity index (χ2n) is 5.31. The van der Waals surface area contributed by atoms with Crippen molar-refractivity contribution in [2.45, 2.75) is 31.7 Å². The second kappa shape index (κ2) is 8.72. The number of nitrogens with zero attached hydrogens (tertiary/aromatic N) is 2. The first-order chi connectivity index (χ1) is 11.5. The monoisotopic (exact) mass is 346 g/mol. The van der Waals surface area contributed by atoms with E-state index in [1.54, 1.807) is 19.2 Å². The number of pyridine rings is 1. The van der Waals surface area contributed by atoms with Gasteiger partial charge in [0.25, 0.3) is 0 Å². The van der Waals surface area contributed by atoms with Gasteiger partial charge in [-0.25, -0.2) is 4.98 Å². The molecule has 0 aromatic carbocycles. The Kier molecular flexibility index (Phi) is 6.65. The van der Waals surface area contributed by atoms with Crippen molar-refractivity contribution in [2.24, 2.45) is 4.99 Å². The largest absolute Gasteiger partial charge is 0.468 e. The van der Waals surface area contributed by atoms with E-state index in [-0.39, 0.29) is 18.5 Å². The Hall–Kier alpha value is -2.03. The van der Waals surface area contributed by atoms with Crippen molar-refractivity contribution in [3.05, 3.63) is 23.9 Å². The molecule has 1 aromatic rings. The molecule has 1 aromatic heterocycles. The summed E-state index contributed by atoms with van der Waals surface area (Å²) in [4.78, 5) is 7.93. The highest BCUT2D eigenvalue weighted by atomic mass is 19.4. The Bertz CT molecular complexity index is 546. The summed E-state index contributed by atoms with van der Waals surface area (Å²) in [5.41, 5.74) is 0.516. The molecule has 6 nitrogen and oxygen atoms in total. The fourth-order valence-electron chi connectivity index (χ4n) is 2.25. The lowest BCUT2D eigenvalue weighted by Gasteiger charge is -2.16. The Balaban J connectivity index is 1.85. The molecule has 9 heteroatoms. The van der Waals surface area contributed by atoms with Crippen molar-refractivity contribution in [3.8, 4) is 5.88 Å². The van der Waals surface area contributed by atoms with Gasteiger partial charge in [-0.05, 0) is 18.9 Å². The molecule has 2 heterocycles. The number of hydrogen-bond acceptors (Lipinski definition) is 4. The fourth-order valence-corrected chi connectivity index (χ4v) is 2.25. The van der Waals surface area contributed by atoms with E-state index in [1.807, 2.05) is 0 Å². The van der Waals surface area contributed by atoms with Crippen LogP contribution in [0.15, 0.2) is 23.3 Å². The zero-order valence-corrected chi connectivity index (χ0v) is 13.4. The smallest absolute Gasteiger partial charge is 0.422 e. The highest BCUT2D eigenvalue weighted by molar-refractivity contribution is 5.79. The normalized spacial score (nSPS) is 18.5. The number of nitrogens with one attached hydrogen (secondary N) is 2. The number of aromatic nitrogens is 1. The van der Waals surface area contributed by atoms with Crippen LogP contribution in [0.2, 0.25) is 0 Å². The first-order valence-corrected chi connectivity index (χ1v) is 7.67. The zero-order chi connectivity index (χ0) is 17.4. The molecular formula is C15H21F3N4O2. The number of hydrogen-bond donors (Lipinski definition) is 2. The molecule has 0 saturated carbocycles. The van der Waals surface area contributed by atoms with E-state index in [9.17, 15) is 13.2 Å². The summed E-state index contributed by atoms with van der Waals surface area (Å²) in [7, 11) is 1.62. The molecule has 1 aliphatic heterocycles. The van der Waals surface area contributed by atoms with E-state index in [0.717, 1.165) is 19.4 Å². The lowest BCUT2D eigenvalue weighted by Crippen LogP contribution is -2.40. The second-order valence-corrected chi connectivity index (χ2v) is 5.31. The minimum atomic E-state index is -4.40. The third-order valence-electron chi connectivity index (χ3n) is 3.41. The van der Waals surface area contributed by atoms with Gasteiger partial charge in [-0.15, -0.1) is 0 Å². The van der Waals surface area contributed by atoms with Crippen molar-refractivity contribution in [1.29, 1.82) is 0 Å². The van der Waals surface area contributed by atoms with E-state index in [4.69, 9.17) is 9.47 Å². The van der Waals surface area contributed by atoms with Crippen LogP contribution in [-0.4, -0.2) is 50.0 Å². The summed E-state index contributed by atoms with van der Waals surface area (Å²) in [6, 6.07) is 3.29. The Morgan fingerprint density at radius 1 is 1.46 bits per heavy atom. The molecule has 1 atom stereocenters. The molecule has 134 valence electrons. The number of ether oxygens (including phenoxy) is 2. The molecule has 24 heavy (non-hydrogen) atoms. The summed E-state index contributed by atoms with van der Waals surface area (Å²) >= 11 is 0. The van der Waals surface area contributed by atoms with E-state index >= 15 is 0 Å². The van der Waals surface area contributed by atoms with Crippen LogP contribution < -0.4 is 15.4 Å². The third kappa shape index (κ3) is 6.23. The van der Waals surface area contributed by atoms with Gasteiger partial charge in [0.15, 0.2) is 12.6 Å². The third-order valence-corrected chi connectivity index (χ3v) is 3.41. The van der Waals surface area contributed by atoms with Crippen molar-refractivity contribution < 1.29 is 22.6 Å². The van der Waals surface area contributed by atoms with Crippen molar-refractivity contribution in [3.63, 3.8) is 0 Å².